The van der Waals surface area contributed by atoms with Gasteiger partial charge in [-0.3, -0.25) is 0 Å². The summed E-state index contributed by atoms with van der Waals surface area (Å²) in [4.78, 5) is 10.7. The van der Waals surface area contributed by atoms with E-state index in [2.05, 4.69) is 6.92 Å². The van der Waals surface area contributed by atoms with Gasteiger partial charge in [-0.15, -0.1) is 0 Å². The third-order valence-electron chi connectivity index (χ3n) is 2.07. The first-order valence-corrected chi connectivity index (χ1v) is 5.78. The third kappa shape index (κ3) is 2.39. The van der Waals surface area contributed by atoms with Crippen molar-refractivity contribution in [2.75, 3.05) is 6.61 Å². The zero-order valence-corrected chi connectivity index (χ0v) is 9.30. The molecule has 0 atom stereocenters. The Kier molecular flexibility index (Phi) is 3.06. The van der Waals surface area contributed by atoms with Crippen molar-refractivity contribution in [3.63, 3.8) is 0 Å². The largest absolute Gasteiger partial charge is 0.493 e. The monoisotopic (exact) mass is 224 g/mol. The number of fused-ring (bicyclic) bond motifs is 1. The Morgan fingerprint density at radius 1 is 1.47 bits per heavy atom. The molecule has 4 heteroatoms. The van der Waals surface area contributed by atoms with Crippen molar-refractivity contribution in [1.82, 2.24) is 0 Å². The molecule has 1 aromatic carbocycles. The standard InChI is InChI=1S/C11H12O3S/c1-2-3-6-13-8-4-5-10-9(7-8)14-11(12)15-10/h4-5,7H,2-3,6H2,1H3. The van der Waals surface area contributed by atoms with E-state index in [1.807, 2.05) is 12.1 Å². The average molecular weight is 224 g/mol. The second-order valence-electron chi connectivity index (χ2n) is 3.26. The molecular weight excluding hydrogens is 212 g/mol. The van der Waals surface area contributed by atoms with Gasteiger partial charge in [0.05, 0.1) is 11.3 Å². The van der Waals surface area contributed by atoms with E-state index in [0.29, 0.717) is 12.2 Å². The molecule has 0 saturated carbocycles. The summed E-state index contributed by atoms with van der Waals surface area (Å²) in [5.74, 6) is 0.762. The number of benzene rings is 1. The first-order valence-electron chi connectivity index (χ1n) is 4.96. The van der Waals surface area contributed by atoms with Crippen LogP contribution in [0.2, 0.25) is 0 Å². The molecule has 0 N–H and O–H groups in total. The van der Waals surface area contributed by atoms with Crippen LogP contribution in [0, 0.1) is 0 Å². The predicted molar refractivity (Wildman–Crippen MR) is 60.8 cm³/mol. The number of hydrogen-bond acceptors (Lipinski definition) is 4. The third-order valence-corrected chi connectivity index (χ3v) is 2.88. The van der Waals surface area contributed by atoms with Gasteiger partial charge in [-0.1, -0.05) is 24.7 Å². The SMILES string of the molecule is CCCCOc1ccc2sc(=O)oc2c1. The number of hydrogen-bond donors (Lipinski definition) is 0. The molecule has 80 valence electrons. The molecule has 1 heterocycles. The summed E-state index contributed by atoms with van der Waals surface area (Å²) >= 11 is 1.11. The van der Waals surface area contributed by atoms with Crippen LogP contribution < -0.4 is 9.68 Å². The second kappa shape index (κ2) is 4.49. The fourth-order valence-electron chi connectivity index (χ4n) is 1.28. The van der Waals surface area contributed by atoms with Gasteiger partial charge in [-0.05, 0) is 18.6 Å². The van der Waals surface area contributed by atoms with E-state index in [0.717, 1.165) is 34.6 Å². The highest BCUT2D eigenvalue weighted by Gasteiger charge is 2.03. The van der Waals surface area contributed by atoms with Crippen molar-refractivity contribution >= 4 is 21.6 Å². The number of ether oxygens (including phenoxy) is 1. The van der Waals surface area contributed by atoms with Crippen molar-refractivity contribution in [2.45, 2.75) is 19.8 Å². The van der Waals surface area contributed by atoms with E-state index < -0.39 is 0 Å². The van der Waals surface area contributed by atoms with Gasteiger partial charge in [0.25, 0.3) is 0 Å². The van der Waals surface area contributed by atoms with Crippen molar-refractivity contribution in [2.24, 2.45) is 0 Å². The van der Waals surface area contributed by atoms with Gasteiger partial charge in [0.15, 0.2) is 5.58 Å². The predicted octanol–water partition coefficient (Wildman–Crippen LogP) is 3.03. The van der Waals surface area contributed by atoms with Crippen LogP contribution in [0.25, 0.3) is 10.3 Å². The zero-order chi connectivity index (χ0) is 10.7. The van der Waals surface area contributed by atoms with E-state index in [4.69, 9.17) is 9.15 Å². The van der Waals surface area contributed by atoms with Crippen LogP contribution in [0.15, 0.2) is 27.4 Å². The van der Waals surface area contributed by atoms with Crippen molar-refractivity contribution in [3.8, 4) is 5.75 Å². The molecule has 0 aliphatic rings. The maximum atomic E-state index is 11.0. The van der Waals surface area contributed by atoms with Crippen molar-refractivity contribution in [1.29, 1.82) is 0 Å². The molecule has 0 aliphatic carbocycles. The Morgan fingerprint density at radius 3 is 3.13 bits per heavy atom. The quantitative estimate of drug-likeness (QED) is 0.749. The molecular formula is C11H12O3S. The molecule has 0 fully saturated rings. The van der Waals surface area contributed by atoms with Gasteiger partial charge >= 0.3 is 4.94 Å². The van der Waals surface area contributed by atoms with Crippen molar-refractivity contribution < 1.29 is 9.15 Å². The van der Waals surface area contributed by atoms with Crippen molar-refractivity contribution in [3.05, 3.63) is 27.9 Å². The molecule has 0 bridgehead atoms. The fourth-order valence-corrected chi connectivity index (χ4v) is 1.93. The van der Waals surface area contributed by atoms with Crippen LogP contribution in [-0.4, -0.2) is 6.61 Å². The maximum Gasteiger partial charge on any atom is 0.396 e. The fraction of sp³-hybridized carbons (Fsp3) is 0.364. The Hall–Kier alpha value is -1.29. The molecule has 2 rings (SSSR count). The summed E-state index contributed by atoms with van der Waals surface area (Å²) in [6.45, 7) is 2.82. The van der Waals surface area contributed by atoms with E-state index in [9.17, 15) is 4.79 Å². The highest BCUT2D eigenvalue weighted by molar-refractivity contribution is 7.16. The Morgan fingerprint density at radius 2 is 2.33 bits per heavy atom. The molecule has 15 heavy (non-hydrogen) atoms. The van der Waals surface area contributed by atoms with E-state index in [1.165, 1.54) is 0 Å². The molecule has 0 aliphatic heterocycles. The van der Waals surface area contributed by atoms with Crippen LogP contribution in [0.3, 0.4) is 0 Å². The highest BCUT2D eigenvalue weighted by Crippen LogP contribution is 2.22. The molecule has 0 spiro atoms. The lowest BCUT2D eigenvalue weighted by Gasteiger charge is -2.03. The Balaban J connectivity index is 2.19. The lowest BCUT2D eigenvalue weighted by Crippen LogP contribution is -1.95. The minimum absolute atomic E-state index is 0.268. The summed E-state index contributed by atoms with van der Waals surface area (Å²) in [5.41, 5.74) is 0.610. The molecule has 2 aromatic rings. The molecule has 0 amide bonds. The lowest BCUT2D eigenvalue weighted by molar-refractivity contribution is 0.309. The molecule has 1 aromatic heterocycles. The van der Waals surface area contributed by atoms with E-state index >= 15 is 0 Å². The summed E-state index contributed by atoms with van der Waals surface area (Å²) in [7, 11) is 0. The lowest BCUT2D eigenvalue weighted by atomic mass is 10.3. The summed E-state index contributed by atoms with van der Waals surface area (Å²) < 4.78 is 11.4. The van der Waals surface area contributed by atoms with Gasteiger partial charge in [0.2, 0.25) is 0 Å². The Bertz CT molecular complexity index is 498. The summed E-state index contributed by atoms with van der Waals surface area (Å²) in [5, 5.41) is 0. The minimum Gasteiger partial charge on any atom is -0.493 e. The molecule has 0 radical (unpaired) electrons. The van der Waals surface area contributed by atoms with Gasteiger partial charge < -0.3 is 9.15 Å². The average Bonchev–Trinajstić information content (AvgIpc) is 2.57. The summed E-state index contributed by atoms with van der Waals surface area (Å²) in [6, 6.07) is 5.48. The van der Waals surface area contributed by atoms with Gasteiger partial charge in [-0.25, -0.2) is 4.79 Å². The molecule has 0 unspecified atom stereocenters. The topological polar surface area (TPSA) is 39.4 Å². The van der Waals surface area contributed by atoms with E-state index in [-0.39, 0.29) is 4.94 Å². The highest BCUT2D eigenvalue weighted by atomic mass is 32.1. The first kappa shape index (κ1) is 10.2. The maximum absolute atomic E-state index is 11.0. The minimum atomic E-state index is -0.268. The van der Waals surface area contributed by atoms with Crippen LogP contribution in [0.5, 0.6) is 5.75 Å². The first-order chi connectivity index (χ1) is 7.29. The van der Waals surface area contributed by atoms with Gasteiger partial charge in [-0.2, -0.15) is 0 Å². The van der Waals surface area contributed by atoms with Crippen LogP contribution in [0.4, 0.5) is 0 Å². The summed E-state index contributed by atoms with van der Waals surface area (Å²) in [6.07, 6.45) is 2.14. The van der Waals surface area contributed by atoms with Crippen LogP contribution in [-0.2, 0) is 0 Å². The van der Waals surface area contributed by atoms with Gasteiger partial charge in [0, 0.05) is 6.07 Å². The zero-order valence-electron chi connectivity index (χ0n) is 8.49. The molecule has 0 saturated heterocycles. The second-order valence-corrected chi connectivity index (χ2v) is 4.24. The smallest absolute Gasteiger partial charge is 0.396 e. The van der Waals surface area contributed by atoms with E-state index in [1.54, 1.807) is 6.07 Å². The molecule has 3 nitrogen and oxygen atoms in total. The van der Waals surface area contributed by atoms with Crippen LogP contribution >= 0.6 is 11.3 Å². The normalized spacial score (nSPS) is 10.7. The number of rotatable bonds is 4. The van der Waals surface area contributed by atoms with Gasteiger partial charge in [0.1, 0.15) is 5.75 Å². The van der Waals surface area contributed by atoms with Crippen LogP contribution in [0.1, 0.15) is 19.8 Å². The number of unbranched alkanes of at least 4 members (excludes halogenated alkanes) is 1. The Labute approximate surface area is 91.3 Å².